The van der Waals surface area contributed by atoms with E-state index in [0.29, 0.717) is 11.4 Å². The van der Waals surface area contributed by atoms with Crippen molar-refractivity contribution in [1.82, 2.24) is 14.5 Å². The van der Waals surface area contributed by atoms with Crippen LogP contribution in [0.15, 0.2) is 164 Å². The molecule has 4 heteroatoms. The Kier molecular flexibility index (Phi) is 11.2. The predicted octanol–water partition coefficient (Wildman–Crippen LogP) is 16.6. The summed E-state index contributed by atoms with van der Waals surface area (Å²) < 4.78 is 2.27. The van der Waals surface area contributed by atoms with Gasteiger partial charge in [-0.05, 0) is 146 Å². The number of aromatic nitrogens is 3. The van der Waals surface area contributed by atoms with Crippen LogP contribution in [0.25, 0.3) is 83.9 Å². The Morgan fingerprint density at radius 1 is 0.455 bits per heavy atom. The van der Waals surface area contributed by atoms with Crippen molar-refractivity contribution in [2.24, 2.45) is 0 Å². The number of pyridine rings is 1. The maximum atomic E-state index is 12.5. The average molecular weight is 864 g/mol. The van der Waals surface area contributed by atoms with E-state index in [1.165, 1.54) is 16.7 Å². The number of aryl methyl sites for hydroxylation is 1. The molecule has 0 aliphatic carbocycles. The largest absolute Gasteiger partial charge is 0.507 e. The van der Waals surface area contributed by atoms with Crippen LogP contribution in [0.2, 0.25) is 0 Å². The summed E-state index contributed by atoms with van der Waals surface area (Å²) in [4.78, 5) is 10.7. The van der Waals surface area contributed by atoms with Gasteiger partial charge in [0.1, 0.15) is 11.6 Å². The molecule has 0 unspecified atom stereocenters. The Hall–Kier alpha value is -7.04. The molecule has 0 radical (unpaired) electrons. The summed E-state index contributed by atoms with van der Waals surface area (Å²) in [6, 6.07) is 56.6. The van der Waals surface area contributed by atoms with Gasteiger partial charge in [-0.1, -0.05) is 165 Å². The molecule has 0 saturated heterocycles. The molecule has 2 aromatic heterocycles. The van der Waals surface area contributed by atoms with Crippen LogP contribution in [0.1, 0.15) is 90.1 Å². The quantitative estimate of drug-likeness (QED) is 0.174. The zero-order valence-corrected chi connectivity index (χ0v) is 40.4. The fourth-order valence-electron chi connectivity index (χ4n) is 9.13. The smallest absolute Gasteiger partial charge is 0.149 e. The van der Waals surface area contributed by atoms with Gasteiger partial charge in [-0.15, -0.1) is 0 Å². The van der Waals surface area contributed by atoms with Crippen LogP contribution in [-0.2, 0) is 16.2 Å². The lowest BCUT2D eigenvalue weighted by Crippen LogP contribution is -2.17. The zero-order chi connectivity index (χ0) is 46.7. The third-order valence-corrected chi connectivity index (χ3v) is 13.2. The predicted molar refractivity (Wildman–Crippen MR) is 279 cm³/mol. The molecule has 0 aliphatic heterocycles. The number of rotatable bonds is 7. The Balaban J connectivity index is 1.31. The first-order valence-corrected chi connectivity index (χ1v) is 23.2. The summed E-state index contributed by atoms with van der Waals surface area (Å²) in [5.41, 5.74) is 19.6. The SMILES string of the molecule is Cc1cc(-n2c(-c3cc(C(C)(C)C)cc(C(C)(C)C)c3O)nc3c(-c4cc(-c5ccccc5)cc(-c5cc(-c6ccc(C(C)(C)C)cc6)ccn5)c4)cccc32)cc(-c2ccccc2)c1C. The first kappa shape index (κ1) is 44.2. The highest BCUT2D eigenvalue weighted by Gasteiger charge is 2.29. The van der Waals surface area contributed by atoms with E-state index in [2.05, 4.69) is 238 Å². The number of aromatic hydroxyl groups is 1. The van der Waals surface area contributed by atoms with Crippen molar-refractivity contribution in [1.29, 1.82) is 0 Å². The molecule has 66 heavy (non-hydrogen) atoms. The molecule has 0 atom stereocenters. The second kappa shape index (κ2) is 16.7. The van der Waals surface area contributed by atoms with E-state index in [4.69, 9.17) is 9.97 Å². The second-order valence-corrected chi connectivity index (χ2v) is 21.1. The average Bonchev–Trinajstić information content (AvgIpc) is 3.69. The van der Waals surface area contributed by atoms with Crippen LogP contribution in [0.4, 0.5) is 0 Å². The summed E-state index contributed by atoms with van der Waals surface area (Å²) in [5, 5.41) is 12.5. The van der Waals surface area contributed by atoms with Crippen molar-refractivity contribution < 1.29 is 5.11 Å². The van der Waals surface area contributed by atoms with E-state index in [9.17, 15) is 5.11 Å². The molecule has 1 N–H and O–H groups in total. The maximum Gasteiger partial charge on any atom is 0.149 e. The third kappa shape index (κ3) is 8.49. The number of phenolic OH excluding ortho intramolecular Hbond substituents is 1. The van der Waals surface area contributed by atoms with Gasteiger partial charge in [-0.3, -0.25) is 9.55 Å². The number of hydrogen-bond acceptors (Lipinski definition) is 3. The minimum absolute atomic E-state index is 0.0755. The highest BCUT2D eigenvalue weighted by Crippen LogP contribution is 2.45. The van der Waals surface area contributed by atoms with Gasteiger partial charge in [0, 0.05) is 28.6 Å². The van der Waals surface area contributed by atoms with Crippen molar-refractivity contribution >= 4 is 11.0 Å². The van der Waals surface area contributed by atoms with Gasteiger partial charge in [0.15, 0.2) is 0 Å². The van der Waals surface area contributed by atoms with E-state index >= 15 is 0 Å². The lowest BCUT2D eigenvalue weighted by atomic mass is 9.79. The summed E-state index contributed by atoms with van der Waals surface area (Å²) in [6.45, 7) is 24.3. The van der Waals surface area contributed by atoms with E-state index in [1.54, 1.807) is 0 Å². The van der Waals surface area contributed by atoms with E-state index in [0.717, 1.165) is 83.6 Å². The van der Waals surface area contributed by atoms with Crippen molar-refractivity contribution in [3.8, 4) is 78.6 Å². The van der Waals surface area contributed by atoms with Gasteiger partial charge >= 0.3 is 0 Å². The second-order valence-electron chi connectivity index (χ2n) is 21.1. The molecule has 9 aromatic rings. The summed E-state index contributed by atoms with van der Waals surface area (Å²) in [6.07, 6.45) is 1.92. The molecule has 7 aromatic carbocycles. The van der Waals surface area contributed by atoms with Crippen molar-refractivity contribution in [3.05, 3.63) is 192 Å². The fourth-order valence-corrected chi connectivity index (χ4v) is 9.13. The van der Waals surface area contributed by atoms with Crippen LogP contribution < -0.4 is 0 Å². The molecule has 0 spiro atoms. The molecule has 0 bridgehead atoms. The first-order valence-electron chi connectivity index (χ1n) is 23.2. The number of hydrogen-bond donors (Lipinski definition) is 1. The highest BCUT2D eigenvalue weighted by atomic mass is 16.3. The number of benzene rings is 7. The molecule has 0 fully saturated rings. The fraction of sp³-hybridized carbons (Fsp3) is 0.226. The third-order valence-electron chi connectivity index (χ3n) is 13.2. The van der Waals surface area contributed by atoms with Gasteiger partial charge in [0.2, 0.25) is 0 Å². The van der Waals surface area contributed by atoms with Crippen LogP contribution >= 0.6 is 0 Å². The molecule has 0 amide bonds. The van der Waals surface area contributed by atoms with Gasteiger partial charge in [-0.2, -0.15) is 0 Å². The van der Waals surface area contributed by atoms with Gasteiger partial charge in [0.25, 0.3) is 0 Å². The minimum Gasteiger partial charge on any atom is -0.507 e. The van der Waals surface area contributed by atoms with Gasteiger partial charge in [0.05, 0.1) is 22.3 Å². The lowest BCUT2D eigenvalue weighted by Gasteiger charge is -2.27. The van der Waals surface area contributed by atoms with Gasteiger partial charge < -0.3 is 5.11 Å². The van der Waals surface area contributed by atoms with Gasteiger partial charge in [-0.25, -0.2) is 4.98 Å². The van der Waals surface area contributed by atoms with E-state index < -0.39 is 0 Å². The van der Waals surface area contributed by atoms with E-state index in [1.807, 2.05) is 6.20 Å². The summed E-state index contributed by atoms with van der Waals surface area (Å²) in [5.74, 6) is 0.952. The first-order chi connectivity index (χ1) is 31.3. The molecular formula is C62H61N3O. The van der Waals surface area contributed by atoms with Crippen molar-refractivity contribution in [2.45, 2.75) is 92.4 Å². The number of nitrogens with zero attached hydrogens (tertiary/aromatic N) is 3. The molecule has 2 heterocycles. The molecule has 0 saturated carbocycles. The Bertz CT molecular complexity index is 3250. The molecule has 9 rings (SSSR count). The van der Waals surface area contributed by atoms with Crippen LogP contribution in [0, 0.1) is 13.8 Å². The molecule has 4 nitrogen and oxygen atoms in total. The number of phenols is 1. The lowest BCUT2D eigenvalue weighted by molar-refractivity contribution is 0.446. The topological polar surface area (TPSA) is 50.9 Å². The van der Waals surface area contributed by atoms with Crippen molar-refractivity contribution in [3.63, 3.8) is 0 Å². The van der Waals surface area contributed by atoms with E-state index in [-0.39, 0.29) is 22.0 Å². The molecular weight excluding hydrogens is 803 g/mol. The zero-order valence-electron chi connectivity index (χ0n) is 40.4. The number of para-hydroxylation sites is 1. The monoisotopic (exact) mass is 863 g/mol. The van der Waals surface area contributed by atoms with Crippen LogP contribution in [0.3, 0.4) is 0 Å². The maximum absolute atomic E-state index is 12.5. The Morgan fingerprint density at radius 3 is 1.73 bits per heavy atom. The van der Waals surface area contributed by atoms with Crippen LogP contribution in [-0.4, -0.2) is 19.6 Å². The van der Waals surface area contributed by atoms with Crippen LogP contribution in [0.5, 0.6) is 5.75 Å². The normalized spacial score (nSPS) is 12.2. The number of imidazole rings is 1. The Labute approximate surface area is 391 Å². The summed E-state index contributed by atoms with van der Waals surface area (Å²) >= 11 is 0. The summed E-state index contributed by atoms with van der Waals surface area (Å²) in [7, 11) is 0. The highest BCUT2D eigenvalue weighted by molar-refractivity contribution is 5.98. The minimum atomic E-state index is -0.321. The number of fused-ring (bicyclic) bond motifs is 1. The van der Waals surface area contributed by atoms with Crippen molar-refractivity contribution in [2.75, 3.05) is 0 Å². The molecule has 0 aliphatic rings. The standard InChI is InChI=1S/C62H61N3O/c1-39-31-50(38-52(40(39)2)43-21-16-13-17-22-43)65-56-24-18-23-51(57(56)64-59(65)53-36-49(61(6,7)8)37-54(58(53)66)62(9,10)11)46-32-45(41-19-14-12-15-20-41)33-47(34-46)55-35-44(29-30-63-55)42-25-27-48(28-26-42)60(3,4)5/h12-38,66H,1-11H3. The Morgan fingerprint density at radius 2 is 1.08 bits per heavy atom. The molecule has 330 valence electrons.